The fourth-order valence-corrected chi connectivity index (χ4v) is 4.21. The first-order chi connectivity index (χ1) is 14.2. The average Bonchev–Trinajstić information content (AvgIpc) is 2.77. The topological polar surface area (TPSA) is 51.2 Å². The molecule has 3 aromatic rings. The molecule has 2 aromatic carbocycles. The Balaban J connectivity index is 1.36. The van der Waals surface area contributed by atoms with Crippen LogP contribution in [0.15, 0.2) is 71.9 Å². The Morgan fingerprint density at radius 1 is 1.14 bits per heavy atom. The number of ether oxygens (including phenoxy) is 1. The normalized spacial score (nSPS) is 15.3. The van der Waals surface area contributed by atoms with Gasteiger partial charge in [-0.3, -0.25) is 4.79 Å². The van der Waals surface area contributed by atoms with Crippen LogP contribution in [0.4, 0.5) is 4.39 Å². The van der Waals surface area contributed by atoms with Crippen molar-refractivity contribution in [1.29, 1.82) is 0 Å². The van der Waals surface area contributed by atoms with Gasteiger partial charge >= 0.3 is 0 Å². The first-order valence-corrected chi connectivity index (χ1v) is 10.5. The van der Waals surface area contributed by atoms with Crippen LogP contribution in [0, 0.1) is 11.7 Å². The van der Waals surface area contributed by atoms with Crippen LogP contribution >= 0.6 is 11.8 Å². The molecule has 29 heavy (non-hydrogen) atoms. The fourth-order valence-electron chi connectivity index (χ4n) is 3.27. The predicted molar refractivity (Wildman–Crippen MR) is 112 cm³/mol. The van der Waals surface area contributed by atoms with Crippen molar-refractivity contribution in [3.8, 4) is 5.75 Å². The number of pyridine rings is 1. The van der Waals surface area contributed by atoms with Crippen molar-refractivity contribution in [3.05, 3.63) is 89.4 Å². The molecule has 1 aliphatic rings. The summed E-state index contributed by atoms with van der Waals surface area (Å²) in [5.74, 6) is 1.39. The number of fused-ring (bicyclic) bond motifs is 1. The van der Waals surface area contributed by atoms with E-state index in [2.05, 4.69) is 16.4 Å². The number of halogens is 1. The number of amides is 1. The molecule has 0 aliphatic carbocycles. The van der Waals surface area contributed by atoms with Gasteiger partial charge in [-0.05, 0) is 47.9 Å². The van der Waals surface area contributed by atoms with Crippen molar-refractivity contribution >= 4 is 17.7 Å². The van der Waals surface area contributed by atoms with Gasteiger partial charge in [0, 0.05) is 24.4 Å². The molecule has 1 atom stereocenters. The Hall–Kier alpha value is -2.86. The third-order valence-electron chi connectivity index (χ3n) is 4.81. The number of hydrogen-bond donors (Lipinski definition) is 1. The third-order valence-corrected chi connectivity index (χ3v) is 5.89. The molecule has 0 radical (unpaired) electrons. The van der Waals surface area contributed by atoms with Gasteiger partial charge in [-0.2, -0.15) is 0 Å². The van der Waals surface area contributed by atoms with E-state index in [0.717, 1.165) is 17.7 Å². The zero-order chi connectivity index (χ0) is 20.1. The zero-order valence-corrected chi connectivity index (χ0v) is 16.6. The monoisotopic (exact) mass is 408 g/mol. The van der Waals surface area contributed by atoms with E-state index >= 15 is 0 Å². The van der Waals surface area contributed by atoms with Crippen molar-refractivity contribution in [2.75, 3.05) is 13.2 Å². The van der Waals surface area contributed by atoms with Gasteiger partial charge in [0.1, 0.15) is 16.6 Å². The molecule has 0 saturated carbocycles. The second-order valence-electron chi connectivity index (χ2n) is 6.97. The summed E-state index contributed by atoms with van der Waals surface area (Å²) in [6.45, 7) is 1.14. The van der Waals surface area contributed by atoms with Crippen LogP contribution in [0.25, 0.3) is 0 Å². The second-order valence-corrected chi connectivity index (χ2v) is 7.93. The van der Waals surface area contributed by atoms with E-state index in [1.165, 1.54) is 29.5 Å². The summed E-state index contributed by atoms with van der Waals surface area (Å²) in [7, 11) is 0. The van der Waals surface area contributed by atoms with Gasteiger partial charge in [-0.15, -0.1) is 11.8 Å². The van der Waals surface area contributed by atoms with E-state index in [1.54, 1.807) is 30.5 Å². The van der Waals surface area contributed by atoms with Crippen molar-refractivity contribution in [2.24, 2.45) is 5.92 Å². The van der Waals surface area contributed by atoms with Gasteiger partial charge in [-0.25, -0.2) is 9.37 Å². The number of benzene rings is 2. The van der Waals surface area contributed by atoms with Gasteiger partial charge in [-0.1, -0.05) is 30.3 Å². The fraction of sp³-hybridized carbons (Fsp3) is 0.217. The van der Waals surface area contributed by atoms with Crippen LogP contribution in [-0.2, 0) is 12.2 Å². The highest BCUT2D eigenvalue weighted by molar-refractivity contribution is 7.98. The lowest BCUT2D eigenvalue weighted by molar-refractivity contribution is 0.0935. The minimum absolute atomic E-state index is 0.140. The third kappa shape index (κ3) is 4.95. The Labute approximate surface area is 173 Å². The number of para-hydroxylation sites is 1. The average molecular weight is 408 g/mol. The molecule has 4 rings (SSSR count). The number of carbonyl (C=O) groups excluding carboxylic acids is 1. The van der Waals surface area contributed by atoms with Crippen molar-refractivity contribution < 1.29 is 13.9 Å². The highest BCUT2D eigenvalue weighted by Crippen LogP contribution is 2.27. The number of thioether (sulfide) groups is 1. The van der Waals surface area contributed by atoms with E-state index in [9.17, 15) is 9.18 Å². The molecule has 2 heterocycles. The Morgan fingerprint density at radius 3 is 2.83 bits per heavy atom. The second kappa shape index (κ2) is 9.09. The summed E-state index contributed by atoms with van der Waals surface area (Å²) < 4.78 is 18.9. The number of rotatable bonds is 6. The molecule has 0 fully saturated rings. The van der Waals surface area contributed by atoms with Gasteiger partial charge in [0.25, 0.3) is 5.91 Å². The van der Waals surface area contributed by atoms with Crippen LogP contribution in [0.3, 0.4) is 0 Å². The summed E-state index contributed by atoms with van der Waals surface area (Å²) in [5.41, 5.74) is 2.71. The van der Waals surface area contributed by atoms with E-state index in [1.807, 2.05) is 18.2 Å². The number of aromatic nitrogens is 1. The van der Waals surface area contributed by atoms with E-state index < -0.39 is 0 Å². The number of hydrogen-bond acceptors (Lipinski definition) is 4. The minimum Gasteiger partial charge on any atom is -0.493 e. The molecule has 4 nitrogen and oxygen atoms in total. The lowest BCUT2D eigenvalue weighted by atomic mass is 9.97. The maximum absolute atomic E-state index is 13.1. The number of nitrogens with one attached hydrogen (secondary N) is 1. The standard InChI is InChI=1S/C23H21FN2O2S/c24-19-9-7-16(8-10-19)15-29-23-20(5-3-11-25-23)22(27)26-13-17-12-18-4-1-2-6-21(18)28-14-17/h1-11,17H,12-15H2,(H,26,27). The molecule has 1 aromatic heterocycles. The van der Waals surface area contributed by atoms with Crippen molar-refractivity contribution in [1.82, 2.24) is 10.3 Å². The van der Waals surface area contributed by atoms with E-state index in [4.69, 9.17) is 4.74 Å². The maximum atomic E-state index is 13.1. The van der Waals surface area contributed by atoms with Crippen LogP contribution in [0.1, 0.15) is 21.5 Å². The molecule has 0 saturated heterocycles. The van der Waals surface area contributed by atoms with Gasteiger partial charge in [0.2, 0.25) is 0 Å². The minimum atomic E-state index is -0.258. The molecule has 1 aliphatic heterocycles. The molecule has 6 heteroatoms. The lowest BCUT2D eigenvalue weighted by Gasteiger charge is -2.25. The van der Waals surface area contributed by atoms with Crippen LogP contribution < -0.4 is 10.1 Å². The molecular formula is C23H21FN2O2S. The Kier molecular flexibility index (Phi) is 6.10. The smallest absolute Gasteiger partial charge is 0.254 e. The van der Waals surface area contributed by atoms with E-state index in [-0.39, 0.29) is 17.6 Å². The quantitative estimate of drug-likeness (QED) is 0.611. The summed E-state index contributed by atoms with van der Waals surface area (Å²) in [6, 6.07) is 17.9. The first kappa shape index (κ1) is 19.5. The van der Waals surface area contributed by atoms with E-state index in [0.29, 0.717) is 29.5 Å². The van der Waals surface area contributed by atoms with Crippen LogP contribution in [0.5, 0.6) is 5.75 Å². The van der Waals surface area contributed by atoms with Gasteiger partial charge in [0.05, 0.1) is 12.2 Å². The first-order valence-electron chi connectivity index (χ1n) is 9.50. The summed E-state index contributed by atoms with van der Waals surface area (Å²) in [6.07, 6.45) is 2.56. The van der Waals surface area contributed by atoms with Crippen molar-refractivity contribution in [2.45, 2.75) is 17.2 Å². The van der Waals surface area contributed by atoms with Gasteiger partial charge < -0.3 is 10.1 Å². The molecule has 1 unspecified atom stereocenters. The highest BCUT2D eigenvalue weighted by atomic mass is 32.2. The SMILES string of the molecule is O=C(NCC1COc2ccccc2C1)c1cccnc1SCc1ccc(F)cc1. The predicted octanol–water partition coefficient (Wildman–Crippen LogP) is 4.49. The van der Waals surface area contributed by atoms with Crippen LogP contribution in [-0.4, -0.2) is 24.0 Å². The highest BCUT2D eigenvalue weighted by Gasteiger charge is 2.21. The maximum Gasteiger partial charge on any atom is 0.254 e. The number of carbonyl (C=O) groups is 1. The zero-order valence-electron chi connectivity index (χ0n) is 15.8. The summed E-state index contributed by atoms with van der Waals surface area (Å²) in [5, 5.41) is 3.69. The Bertz CT molecular complexity index is 994. The molecule has 0 bridgehead atoms. The molecule has 0 spiro atoms. The summed E-state index contributed by atoms with van der Waals surface area (Å²) in [4.78, 5) is 17.1. The summed E-state index contributed by atoms with van der Waals surface area (Å²) >= 11 is 1.47. The van der Waals surface area contributed by atoms with Crippen molar-refractivity contribution in [3.63, 3.8) is 0 Å². The Morgan fingerprint density at radius 2 is 1.97 bits per heavy atom. The largest absolute Gasteiger partial charge is 0.493 e. The number of nitrogens with zero attached hydrogens (tertiary/aromatic N) is 1. The van der Waals surface area contributed by atoms with Gasteiger partial charge in [0.15, 0.2) is 0 Å². The molecule has 1 amide bonds. The lowest BCUT2D eigenvalue weighted by Crippen LogP contribution is -2.35. The molecule has 148 valence electrons. The molecule has 1 N–H and O–H groups in total. The van der Waals surface area contributed by atoms with Crippen LogP contribution in [0.2, 0.25) is 0 Å². The molecular weight excluding hydrogens is 387 g/mol.